The van der Waals surface area contributed by atoms with Crippen LogP contribution in [-0.2, 0) is 0 Å². The monoisotopic (exact) mass is 260 g/mol. The molecule has 0 saturated heterocycles. The van der Waals surface area contributed by atoms with Gasteiger partial charge in [-0.1, -0.05) is 15.9 Å². The lowest BCUT2D eigenvalue weighted by Crippen LogP contribution is -2.13. The summed E-state index contributed by atoms with van der Waals surface area (Å²) in [4.78, 5) is 10.1. The van der Waals surface area contributed by atoms with Crippen molar-refractivity contribution in [2.75, 3.05) is 6.54 Å². The number of aliphatic hydroxyl groups is 1. The molecule has 1 unspecified atom stereocenters. The van der Waals surface area contributed by atoms with Gasteiger partial charge in [-0.05, 0) is 12.1 Å². The molecule has 0 bridgehead atoms. The molecule has 1 rings (SSSR count). The van der Waals surface area contributed by atoms with Crippen molar-refractivity contribution in [2.45, 2.75) is 6.10 Å². The molecule has 0 aromatic heterocycles. The lowest BCUT2D eigenvalue weighted by atomic mass is 10.1. The third-order valence-corrected chi connectivity index (χ3v) is 2.26. The van der Waals surface area contributed by atoms with E-state index in [4.69, 9.17) is 5.73 Å². The fourth-order valence-electron chi connectivity index (χ4n) is 1.08. The molecule has 0 spiro atoms. The molecule has 1 atom stereocenters. The first-order chi connectivity index (χ1) is 6.56. The highest BCUT2D eigenvalue weighted by molar-refractivity contribution is 9.10. The maximum absolute atomic E-state index is 10.6. The summed E-state index contributed by atoms with van der Waals surface area (Å²) in [5.74, 6) is 0. The predicted octanol–water partition coefficient (Wildman–Crippen LogP) is 1.35. The van der Waals surface area contributed by atoms with E-state index in [9.17, 15) is 15.2 Å². The normalized spacial score (nSPS) is 12.5. The first kappa shape index (κ1) is 11.1. The molecule has 5 nitrogen and oxygen atoms in total. The van der Waals surface area contributed by atoms with Crippen molar-refractivity contribution in [3.63, 3.8) is 0 Å². The average molecular weight is 261 g/mol. The third kappa shape index (κ3) is 2.28. The van der Waals surface area contributed by atoms with Crippen molar-refractivity contribution in [3.05, 3.63) is 38.3 Å². The molecule has 0 fully saturated rings. The summed E-state index contributed by atoms with van der Waals surface area (Å²) >= 11 is 3.12. The summed E-state index contributed by atoms with van der Waals surface area (Å²) in [6.07, 6.45) is -0.997. The highest BCUT2D eigenvalue weighted by Crippen LogP contribution is 2.27. The highest BCUT2D eigenvalue weighted by atomic mass is 79.9. The van der Waals surface area contributed by atoms with Gasteiger partial charge in [-0.3, -0.25) is 10.1 Å². The smallest absolute Gasteiger partial charge is 0.276 e. The van der Waals surface area contributed by atoms with Crippen LogP contribution in [0.1, 0.15) is 11.7 Å². The van der Waals surface area contributed by atoms with E-state index in [1.165, 1.54) is 12.1 Å². The Bertz CT molecular complexity index is 356. The Morgan fingerprint density at radius 3 is 2.79 bits per heavy atom. The Hall–Kier alpha value is -0.980. The Morgan fingerprint density at radius 1 is 1.64 bits per heavy atom. The van der Waals surface area contributed by atoms with Crippen LogP contribution in [0.4, 0.5) is 5.69 Å². The molecule has 14 heavy (non-hydrogen) atoms. The summed E-state index contributed by atoms with van der Waals surface area (Å²) in [5.41, 5.74) is 5.34. The average Bonchev–Trinajstić information content (AvgIpc) is 2.16. The highest BCUT2D eigenvalue weighted by Gasteiger charge is 2.19. The minimum atomic E-state index is -0.997. The Balaban J connectivity index is 3.21. The summed E-state index contributed by atoms with van der Waals surface area (Å²) in [6.45, 7) is -0.0392. The minimum Gasteiger partial charge on any atom is -0.387 e. The second-order valence-electron chi connectivity index (χ2n) is 2.71. The second kappa shape index (κ2) is 4.50. The number of benzene rings is 1. The maximum atomic E-state index is 10.6. The van der Waals surface area contributed by atoms with Crippen LogP contribution >= 0.6 is 15.9 Å². The molecule has 0 aliphatic carbocycles. The minimum absolute atomic E-state index is 0.0392. The number of nitro groups is 1. The summed E-state index contributed by atoms with van der Waals surface area (Å²) in [5, 5.41) is 20.0. The van der Waals surface area contributed by atoms with Crippen LogP contribution in [0.3, 0.4) is 0 Å². The number of nitrogens with two attached hydrogens (primary N) is 1. The van der Waals surface area contributed by atoms with E-state index in [2.05, 4.69) is 15.9 Å². The van der Waals surface area contributed by atoms with Gasteiger partial charge in [0.15, 0.2) is 0 Å². The van der Waals surface area contributed by atoms with Gasteiger partial charge in [0, 0.05) is 17.1 Å². The van der Waals surface area contributed by atoms with Gasteiger partial charge in [0.25, 0.3) is 5.69 Å². The number of nitrogens with zero attached hydrogens (tertiary/aromatic N) is 1. The molecular weight excluding hydrogens is 252 g/mol. The van der Waals surface area contributed by atoms with Gasteiger partial charge in [0.05, 0.1) is 16.6 Å². The largest absolute Gasteiger partial charge is 0.387 e. The number of hydrogen-bond donors (Lipinski definition) is 2. The summed E-state index contributed by atoms with van der Waals surface area (Å²) in [6, 6.07) is 4.45. The SMILES string of the molecule is NCC(O)c1ccc(Br)cc1[N+](=O)[O-]. The van der Waals surface area contributed by atoms with E-state index in [0.717, 1.165) is 0 Å². The number of aliphatic hydroxyl groups excluding tert-OH is 1. The Morgan fingerprint density at radius 2 is 2.29 bits per heavy atom. The molecule has 3 N–H and O–H groups in total. The van der Waals surface area contributed by atoms with Crippen molar-refractivity contribution in [1.29, 1.82) is 0 Å². The predicted molar refractivity (Wildman–Crippen MR) is 54.8 cm³/mol. The molecule has 76 valence electrons. The van der Waals surface area contributed by atoms with Crippen molar-refractivity contribution in [2.24, 2.45) is 5.73 Å². The number of halogens is 1. The molecule has 0 saturated carbocycles. The van der Waals surface area contributed by atoms with Gasteiger partial charge in [0.2, 0.25) is 0 Å². The molecule has 1 aromatic carbocycles. The van der Waals surface area contributed by atoms with E-state index in [1.807, 2.05) is 0 Å². The molecule has 0 aliphatic rings. The fraction of sp³-hybridized carbons (Fsp3) is 0.250. The van der Waals surface area contributed by atoms with Crippen LogP contribution < -0.4 is 5.73 Å². The third-order valence-electron chi connectivity index (χ3n) is 1.77. The molecule has 0 aliphatic heterocycles. The Labute approximate surface area is 88.8 Å². The first-order valence-electron chi connectivity index (χ1n) is 3.88. The molecule has 0 heterocycles. The number of hydrogen-bond acceptors (Lipinski definition) is 4. The van der Waals surface area contributed by atoms with Crippen LogP contribution in [0, 0.1) is 10.1 Å². The second-order valence-corrected chi connectivity index (χ2v) is 3.63. The summed E-state index contributed by atoms with van der Waals surface area (Å²) in [7, 11) is 0. The van der Waals surface area contributed by atoms with Gasteiger partial charge in [-0.25, -0.2) is 0 Å². The lowest BCUT2D eigenvalue weighted by molar-refractivity contribution is -0.386. The molecular formula is C8H9BrN2O3. The molecule has 0 amide bonds. The molecule has 6 heteroatoms. The zero-order chi connectivity index (χ0) is 10.7. The first-order valence-corrected chi connectivity index (χ1v) is 4.67. The van der Waals surface area contributed by atoms with Gasteiger partial charge < -0.3 is 10.8 Å². The van der Waals surface area contributed by atoms with Crippen molar-refractivity contribution < 1.29 is 10.0 Å². The van der Waals surface area contributed by atoms with E-state index in [1.54, 1.807) is 6.07 Å². The van der Waals surface area contributed by atoms with Crippen molar-refractivity contribution in [3.8, 4) is 0 Å². The maximum Gasteiger partial charge on any atom is 0.276 e. The number of nitro benzene ring substituents is 1. The van der Waals surface area contributed by atoms with Crippen LogP contribution in [-0.4, -0.2) is 16.6 Å². The van der Waals surface area contributed by atoms with Gasteiger partial charge in [-0.2, -0.15) is 0 Å². The quantitative estimate of drug-likeness (QED) is 0.634. The zero-order valence-electron chi connectivity index (χ0n) is 7.18. The summed E-state index contributed by atoms with van der Waals surface area (Å²) < 4.78 is 0.595. The molecule has 1 aromatic rings. The van der Waals surface area contributed by atoms with Crippen LogP contribution in [0.5, 0.6) is 0 Å². The van der Waals surface area contributed by atoms with Crippen LogP contribution in [0.2, 0.25) is 0 Å². The molecule has 0 radical (unpaired) electrons. The van der Waals surface area contributed by atoms with Crippen LogP contribution in [0.25, 0.3) is 0 Å². The Kier molecular flexibility index (Phi) is 3.56. The van der Waals surface area contributed by atoms with E-state index in [-0.39, 0.29) is 17.8 Å². The van der Waals surface area contributed by atoms with Gasteiger partial charge in [-0.15, -0.1) is 0 Å². The lowest BCUT2D eigenvalue weighted by Gasteiger charge is -2.08. The standard InChI is InChI=1S/C8H9BrN2O3/c9-5-1-2-6(8(12)4-10)7(3-5)11(13)14/h1-3,8,12H,4,10H2. The van der Waals surface area contributed by atoms with E-state index in [0.29, 0.717) is 4.47 Å². The topological polar surface area (TPSA) is 89.4 Å². The van der Waals surface area contributed by atoms with Gasteiger partial charge >= 0.3 is 0 Å². The van der Waals surface area contributed by atoms with E-state index < -0.39 is 11.0 Å². The zero-order valence-corrected chi connectivity index (χ0v) is 8.77. The fourth-order valence-corrected chi connectivity index (χ4v) is 1.43. The number of rotatable bonds is 3. The van der Waals surface area contributed by atoms with E-state index >= 15 is 0 Å². The van der Waals surface area contributed by atoms with Gasteiger partial charge in [0.1, 0.15) is 0 Å². The van der Waals surface area contributed by atoms with Crippen LogP contribution in [0.15, 0.2) is 22.7 Å². The van der Waals surface area contributed by atoms with Crippen molar-refractivity contribution >= 4 is 21.6 Å². The van der Waals surface area contributed by atoms with Crippen molar-refractivity contribution in [1.82, 2.24) is 0 Å².